The van der Waals surface area contributed by atoms with Crippen molar-refractivity contribution in [3.8, 4) is 17.2 Å². The molecule has 0 aliphatic carbocycles. The Labute approximate surface area is 192 Å². The lowest BCUT2D eigenvalue weighted by Crippen LogP contribution is -2.08. The monoisotopic (exact) mass is 434 g/mol. The maximum absolute atomic E-state index is 10.9. The maximum Gasteiger partial charge on any atom is 0.201 e. The fourth-order valence-corrected chi connectivity index (χ4v) is 4.32. The van der Waals surface area contributed by atoms with Crippen LogP contribution in [0.3, 0.4) is 0 Å². The van der Waals surface area contributed by atoms with Gasteiger partial charge in [0, 0.05) is 11.1 Å². The molecular formula is C28H50O3. The minimum atomic E-state index is -0.0305. The van der Waals surface area contributed by atoms with Crippen molar-refractivity contribution in [3.05, 3.63) is 16.7 Å². The van der Waals surface area contributed by atoms with E-state index in [0.717, 1.165) is 75.3 Å². The molecule has 0 aliphatic rings. The molecule has 0 heterocycles. The van der Waals surface area contributed by atoms with Gasteiger partial charge in [0.2, 0.25) is 5.75 Å². The first-order valence-electron chi connectivity index (χ1n) is 13.3. The summed E-state index contributed by atoms with van der Waals surface area (Å²) in [6.45, 7) is 9.44. The van der Waals surface area contributed by atoms with Crippen molar-refractivity contribution >= 4 is 0 Å². The minimum Gasteiger partial charge on any atom is -0.504 e. The summed E-state index contributed by atoms with van der Waals surface area (Å²) < 4.78 is 6.16. The first-order valence-corrected chi connectivity index (χ1v) is 13.3. The van der Waals surface area contributed by atoms with E-state index in [1.165, 1.54) is 50.5 Å². The highest BCUT2D eigenvalue weighted by atomic mass is 16.5. The van der Waals surface area contributed by atoms with E-state index in [9.17, 15) is 10.2 Å². The zero-order chi connectivity index (χ0) is 22.9. The molecule has 0 aromatic heterocycles. The fraction of sp³-hybridized carbons (Fsp3) is 0.786. The molecule has 0 atom stereocenters. The minimum absolute atomic E-state index is 0.0305. The van der Waals surface area contributed by atoms with Crippen LogP contribution in [-0.4, -0.2) is 16.8 Å². The van der Waals surface area contributed by atoms with E-state index < -0.39 is 0 Å². The van der Waals surface area contributed by atoms with E-state index in [4.69, 9.17) is 4.74 Å². The Morgan fingerprint density at radius 3 is 1.48 bits per heavy atom. The molecule has 0 amide bonds. The average molecular weight is 435 g/mol. The van der Waals surface area contributed by atoms with Gasteiger partial charge in [-0.1, -0.05) is 91.9 Å². The molecule has 0 saturated heterocycles. The third-order valence-corrected chi connectivity index (χ3v) is 6.31. The molecule has 0 unspecified atom stereocenters. The van der Waals surface area contributed by atoms with Gasteiger partial charge in [-0.25, -0.2) is 0 Å². The topological polar surface area (TPSA) is 49.7 Å². The van der Waals surface area contributed by atoms with Gasteiger partial charge in [-0.3, -0.25) is 0 Å². The average Bonchev–Trinajstić information content (AvgIpc) is 2.78. The highest BCUT2D eigenvalue weighted by Crippen LogP contribution is 2.46. The van der Waals surface area contributed by atoms with Crippen LogP contribution in [0.15, 0.2) is 0 Å². The molecular weight excluding hydrogens is 384 g/mol. The Bertz CT molecular complexity index is 595. The molecule has 3 nitrogen and oxygen atoms in total. The molecule has 1 rings (SSSR count). The Morgan fingerprint density at radius 1 is 0.484 bits per heavy atom. The van der Waals surface area contributed by atoms with Crippen molar-refractivity contribution in [1.82, 2.24) is 0 Å². The molecule has 0 aliphatic heterocycles. The standard InChI is InChI=1S/C28H50O3/c1-5-9-13-14-15-16-17-18-22-31-28-25(21-12-8-4)23(19-10-6-2)24(20-11-7-3)26(29)27(28)30/h29-30H,5-22H2,1-4H3. The summed E-state index contributed by atoms with van der Waals surface area (Å²) in [6.07, 6.45) is 19.3. The summed E-state index contributed by atoms with van der Waals surface area (Å²) >= 11 is 0. The summed E-state index contributed by atoms with van der Waals surface area (Å²) in [5.74, 6) is 0.586. The number of ether oxygens (including phenoxy) is 1. The van der Waals surface area contributed by atoms with Crippen molar-refractivity contribution in [3.63, 3.8) is 0 Å². The van der Waals surface area contributed by atoms with Gasteiger partial charge in [-0.05, 0) is 50.5 Å². The van der Waals surface area contributed by atoms with Crippen LogP contribution in [0.5, 0.6) is 17.2 Å². The summed E-state index contributed by atoms with van der Waals surface area (Å²) in [6, 6.07) is 0. The molecule has 0 fully saturated rings. The van der Waals surface area contributed by atoms with Crippen LogP contribution in [-0.2, 0) is 19.3 Å². The van der Waals surface area contributed by atoms with E-state index in [1.54, 1.807) is 0 Å². The predicted molar refractivity (Wildman–Crippen MR) is 134 cm³/mol. The largest absolute Gasteiger partial charge is 0.504 e. The third kappa shape index (κ3) is 9.74. The number of hydrogen-bond donors (Lipinski definition) is 2. The van der Waals surface area contributed by atoms with Crippen LogP contribution < -0.4 is 4.74 Å². The highest BCUT2D eigenvalue weighted by Gasteiger charge is 2.23. The lowest BCUT2D eigenvalue weighted by molar-refractivity contribution is 0.278. The molecule has 31 heavy (non-hydrogen) atoms. The lowest BCUT2D eigenvalue weighted by Gasteiger charge is -2.22. The summed E-state index contributed by atoms with van der Waals surface area (Å²) in [7, 11) is 0. The van der Waals surface area contributed by atoms with E-state index in [1.807, 2.05) is 0 Å². The molecule has 1 aromatic rings. The molecule has 180 valence electrons. The Hall–Kier alpha value is -1.38. The smallest absolute Gasteiger partial charge is 0.201 e. The molecule has 0 spiro atoms. The number of benzene rings is 1. The van der Waals surface area contributed by atoms with Crippen molar-refractivity contribution in [2.75, 3.05) is 6.61 Å². The fourth-order valence-electron chi connectivity index (χ4n) is 4.32. The molecule has 1 aromatic carbocycles. The van der Waals surface area contributed by atoms with Gasteiger partial charge in [-0.15, -0.1) is 0 Å². The normalized spacial score (nSPS) is 11.2. The van der Waals surface area contributed by atoms with E-state index in [2.05, 4.69) is 27.7 Å². The molecule has 3 heteroatoms. The molecule has 2 N–H and O–H groups in total. The van der Waals surface area contributed by atoms with E-state index in [0.29, 0.717) is 12.4 Å². The van der Waals surface area contributed by atoms with Gasteiger partial charge in [0.25, 0.3) is 0 Å². The first kappa shape index (κ1) is 27.7. The quantitative estimate of drug-likeness (QED) is 0.169. The number of aromatic hydroxyl groups is 2. The second-order valence-corrected chi connectivity index (χ2v) is 9.10. The number of hydrogen-bond acceptors (Lipinski definition) is 3. The van der Waals surface area contributed by atoms with Gasteiger partial charge in [0.15, 0.2) is 11.5 Å². The van der Waals surface area contributed by atoms with Crippen molar-refractivity contribution < 1.29 is 14.9 Å². The van der Waals surface area contributed by atoms with Crippen LogP contribution in [0.25, 0.3) is 0 Å². The number of unbranched alkanes of at least 4 members (excludes halogenated alkanes) is 10. The van der Waals surface area contributed by atoms with Gasteiger partial charge < -0.3 is 14.9 Å². The number of phenols is 2. The zero-order valence-electron chi connectivity index (χ0n) is 21.0. The van der Waals surface area contributed by atoms with E-state index >= 15 is 0 Å². The first-order chi connectivity index (χ1) is 15.1. The Kier molecular flexibility index (Phi) is 15.4. The van der Waals surface area contributed by atoms with Gasteiger partial charge >= 0.3 is 0 Å². The molecule has 0 radical (unpaired) electrons. The third-order valence-electron chi connectivity index (χ3n) is 6.31. The van der Waals surface area contributed by atoms with Crippen molar-refractivity contribution in [2.24, 2.45) is 0 Å². The van der Waals surface area contributed by atoms with Crippen LogP contribution in [0.4, 0.5) is 0 Å². The van der Waals surface area contributed by atoms with Crippen molar-refractivity contribution in [2.45, 2.75) is 137 Å². The van der Waals surface area contributed by atoms with Crippen LogP contribution in [0.2, 0.25) is 0 Å². The second kappa shape index (κ2) is 17.2. The SMILES string of the molecule is CCCCCCCCCCOc1c(O)c(O)c(CCCC)c(CCCC)c1CCCC. The lowest BCUT2D eigenvalue weighted by atomic mass is 9.89. The van der Waals surface area contributed by atoms with Crippen LogP contribution in [0.1, 0.15) is 134 Å². The van der Waals surface area contributed by atoms with Crippen LogP contribution >= 0.6 is 0 Å². The maximum atomic E-state index is 10.9. The Morgan fingerprint density at radius 2 is 0.935 bits per heavy atom. The molecule has 0 bridgehead atoms. The Balaban J connectivity index is 2.91. The van der Waals surface area contributed by atoms with Crippen molar-refractivity contribution in [1.29, 1.82) is 0 Å². The van der Waals surface area contributed by atoms with E-state index in [-0.39, 0.29) is 11.5 Å². The van der Waals surface area contributed by atoms with Gasteiger partial charge in [0.1, 0.15) is 0 Å². The summed E-state index contributed by atoms with van der Waals surface area (Å²) in [4.78, 5) is 0. The molecule has 0 saturated carbocycles. The number of phenolic OH excluding ortho intramolecular Hbond substituents is 2. The number of rotatable bonds is 19. The van der Waals surface area contributed by atoms with Gasteiger partial charge in [-0.2, -0.15) is 0 Å². The summed E-state index contributed by atoms with van der Waals surface area (Å²) in [5, 5.41) is 21.7. The summed E-state index contributed by atoms with van der Waals surface area (Å²) in [5.41, 5.74) is 3.35. The van der Waals surface area contributed by atoms with Gasteiger partial charge in [0.05, 0.1) is 6.61 Å². The zero-order valence-corrected chi connectivity index (χ0v) is 21.0. The predicted octanol–water partition coefficient (Wildman–Crippen LogP) is 8.65. The highest BCUT2D eigenvalue weighted by molar-refractivity contribution is 5.62. The van der Waals surface area contributed by atoms with Crippen LogP contribution in [0, 0.1) is 0 Å². The second-order valence-electron chi connectivity index (χ2n) is 9.10.